The minimum Gasteiger partial charge on any atom is -0.356 e. The van der Waals surface area contributed by atoms with Gasteiger partial charge < -0.3 is 20.9 Å². The molecule has 3 N–H and O–H groups in total. The normalized spacial score (nSPS) is 12.9. The molecule has 0 spiro atoms. The molecule has 6 nitrogen and oxygen atoms in total. The van der Waals surface area contributed by atoms with Gasteiger partial charge in [-0.15, -0.1) is 0 Å². The number of hydrogen-bond acceptors (Lipinski definition) is 3. The maximum atomic E-state index is 12.1. The first-order chi connectivity index (χ1) is 14.7. The van der Waals surface area contributed by atoms with E-state index in [1.165, 1.54) is 5.56 Å². The third-order valence-corrected chi connectivity index (χ3v) is 5.11. The lowest BCUT2D eigenvalue weighted by Gasteiger charge is -2.31. The van der Waals surface area contributed by atoms with Gasteiger partial charge in [0.15, 0.2) is 5.96 Å². The summed E-state index contributed by atoms with van der Waals surface area (Å²) in [5.74, 6) is 0.787. The molecule has 0 bridgehead atoms. The van der Waals surface area contributed by atoms with Crippen molar-refractivity contribution in [2.24, 2.45) is 4.99 Å². The number of nitrogens with zero attached hydrogens (tertiary/aromatic N) is 2. The Bertz CT molecular complexity index is 861. The van der Waals surface area contributed by atoms with Crippen molar-refractivity contribution >= 4 is 11.9 Å². The summed E-state index contributed by atoms with van der Waals surface area (Å²) in [6.07, 6.45) is 0.807. The van der Waals surface area contributed by atoms with Crippen LogP contribution in [0.15, 0.2) is 59.6 Å². The van der Waals surface area contributed by atoms with Crippen LogP contribution in [-0.2, 0) is 6.42 Å². The molecule has 0 fully saturated rings. The first kappa shape index (κ1) is 24.4. The summed E-state index contributed by atoms with van der Waals surface area (Å²) in [5, 5.41) is 10.5. The highest BCUT2D eigenvalue weighted by atomic mass is 16.2. The molecule has 0 heterocycles. The van der Waals surface area contributed by atoms with Gasteiger partial charge in [-0.25, -0.2) is 0 Å². The van der Waals surface area contributed by atoms with Gasteiger partial charge in [-0.3, -0.25) is 9.79 Å². The molecule has 0 aliphatic rings. The molecule has 2 aromatic rings. The molecule has 1 amide bonds. The van der Waals surface area contributed by atoms with Crippen molar-refractivity contribution in [3.63, 3.8) is 0 Å². The molecule has 2 rings (SSSR count). The summed E-state index contributed by atoms with van der Waals surface area (Å²) in [5.41, 5.74) is 2.99. The lowest BCUT2D eigenvalue weighted by molar-refractivity contribution is 0.0827. The summed E-state index contributed by atoms with van der Waals surface area (Å²) < 4.78 is 0. The van der Waals surface area contributed by atoms with E-state index >= 15 is 0 Å². The fraction of sp³-hybridized carbons (Fsp3) is 0.440. The highest BCUT2D eigenvalue weighted by Crippen LogP contribution is 2.15. The van der Waals surface area contributed by atoms with Crippen LogP contribution in [0.3, 0.4) is 0 Å². The quantitative estimate of drug-likeness (QED) is 0.428. The predicted molar refractivity (Wildman–Crippen MR) is 130 cm³/mol. The molecule has 0 aliphatic heterocycles. The molecule has 6 heteroatoms. The number of carbonyl (C=O) groups excluding carboxylic acids is 1. The van der Waals surface area contributed by atoms with E-state index in [2.05, 4.69) is 66.0 Å². The van der Waals surface area contributed by atoms with Gasteiger partial charge in [-0.2, -0.15) is 0 Å². The third kappa shape index (κ3) is 8.06. The minimum absolute atomic E-state index is 0.0201. The monoisotopic (exact) mass is 423 g/mol. The molecule has 0 radical (unpaired) electrons. The molecular formula is C25H37N5O. The molecule has 0 aliphatic carbocycles. The van der Waals surface area contributed by atoms with Crippen LogP contribution in [0.25, 0.3) is 0 Å². The summed E-state index contributed by atoms with van der Waals surface area (Å²) in [4.78, 5) is 18.1. The average Bonchev–Trinajstić information content (AvgIpc) is 2.76. The summed E-state index contributed by atoms with van der Waals surface area (Å²) in [6, 6.07) is 18.5. The van der Waals surface area contributed by atoms with E-state index in [0.29, 0.717) is 5.56 Å². The smallest absolute Gasteiger partial charge is 0.253 e. The number of hydrogen-bond donors (Lipinski definition) is 3. The zero-order chi connectivity index (χ0) is 22.9. The molecule has 0 aromatic heterocycles. The van der Waals surface area contributed by atoms with Crippen molar-refractivity contribution in [1.29, 1.82) is 0 Å². The largest absolute Gasteiger partial charge is 0.356 e. The topological polar surface area (TPSA) is 68.8 Å². The van der Waals surface area contributed by atoms with Gasteiger partial charge in [0.05, 0.1) is 0 Å². The van der Waals surface area contributed by atoms with Crippen LogP contribution in [0, 0.1) is 0 Å². The fourth-order valence-corrected chi connectivity index (χ4v) is 3.43. The number of rotatable bonds is 9. The fourth-order valence-electron chi connectivity index (χ4n) is 3.43. The first-order valence-corrected chi connectivity index (χ1v) is 10.8. The molecule has 31 heavy (non-hydrogen) atoms. The lowest BCUT2D eigenvalue weighted by Crippen LogP contribution is -2.52. The second-order valence-electron chi connectivity index (χ2n) is 8.66. The van der Waals surface area contributed by atoms with Gasteiger partial charge in [-0.1, -0.05) is 42.5 Å². The number of benzene rings is 2. The molecule has 168 valence electrons. The summed E-state index contributed by atoms with van der Waals surface area (Å²) in [7, 11) is 5.31. The van der Waals surface area contributed by atoms with Crippen LogP contribution < -0.4 is 16.0 Å². The van der Waals surface area contributed by atoms with Crippen LogP contribution >= 0.6 is 0 Å². The number of carbonyl (C=O) groups is 1. The highest BCUT2D eigenvalue weighted by Gasteiger charge is 2.21. The Morgan fingerprint density at radius 1 is 1.06 bits per heavy atom. The lowest BCUT2D eigenvalue weighted by atomic mass is 10.0. The Morgan fingerprint density at radius 2 is 1.77 bits per heavy atom. The molecule has 2 aromatic carbocycles. The van der Waals surface area contributed by atoms with Gasteiger partial charge in [0.25, 0.3) is 5.91 Å². The van der Waals surface area contributed by atoms with E-state index in [-0.39, 0.29) is 17.5 Å². The Balaban J connectivity index is 1.82. The first-order valence-electron chi connectivity index (χ1n) is 10.8. The van der Waals surface area contributed by atoms with Crippen LogP contribution in [0.2, 0.25) is 0 Å². The SMILES string of the molecule is CN=C(NCCc1cccc(C(=O)N(C)C)c1)NCC(C)(C)NC(C)c1ccccc1. The zero-order valence-corrected chi connectivity index (χ0v) is 19.7. The minimum atomic E-state index is -0.117. The third-order valence-electron chi connectivity index (χ3n) is 5.11. The molecule has 1 atom stereocenters. The van der Waals surface area contributed by atoms with Crippen molar-refractivity contribution < 1.29 is 4.79 Å². The van der Waals surface area contributed by atoms with Gasteiger partial charge in [0.2, 0.25) is 0 Å². The maximum absolute atomic E-state index is 12.1. The van der Waals surface area contributed by atoms with Crippen LogP contribution in [0.5, 0.6) is 0 Å². The molecule has 1 unspecified atom stereocenters. The number of aliphatic imine (C=N–C) groups is 1. The van der Waals surface area contributed by atoms with Crippen LogP contribution in [0.4, 0.5) is 0 Å². The molecular weight excluding hydrogens is 386 g/mol. The van der Waals surface area contributed by atoms with E-state index in [0.717, 1.165) is 31.0 Å². The maximum Gasteiger partial charge on any atom is 0.253 e. The van der Waals surface area contributed by atoms with Crippen LogP contribution in [-0.4, -0.2) is 56.5 Å². The zero-order valence-electron chi connectivity index (χ0n) is 19.7. The Labute approximate surface area is 187 Å². The van der Waals surface area contributed by atoms with Gasteiger partial charge in [-0.05, 0) is 50.5 Å². The molecule has 0 saturated heterocycles. The van der Waals surface area contributed by atoms with Crippen molar-refractivity contribution in [2.75, 3.05) is 34.2 Å². The molecule has 0 saturated carbocycles. The van der Waals surface area contributed by atoms with Gasteiger partial charge >= 0.3 is 0 Å². The predicted octanol–water partition coefficient (Wildman–Crippen LogP) is 3.23. The van der Waals surface area contributed by atoms with E-state index in [1.54, 1.807) is 26.0 Å². The Hall–Kier alpha value is -2.86. The summed E-state index contributed by atoms with van der Waals surface area (Å²) in [6.45, 7) is 8.00. The van der Waals surface area contributed by atoms with E-state index in [1.807, 2.05) is 30.3 Å². The van der Waals surface area contributed by atoms with E-state index in [9.17, 15) is 4.79 Å². The van der Waals surface area contributed by atoms with Gasteiger partial charge in [0.1, 0.15) is 0 Å². The van der Waals surface area contributed by atoms with Crippen molar-refractivity contribution in [2.45, 2.75) is 38.8 Å². The van der Waals surface area contributed by atoms with Crippen molar-refractivity contribution in [3.8, 4) is 0 Å². The van der Waals surface area contributed by atoms with E-state index in [4.69, 9.17) is 0 Å². The van der Waals surface area contributed by atoms with Gasteiger partial charge in [0, 0.05) is 51.4 Å². The standard InChI is InChI=1S/C25H37N5O/c1-19(21-12-8-7-9-13-21)29-25(2,3)18-28-24(26-4)27-16-15-20-11-10-14-22(17-20)23(31)30(5)6/h7-14,17,19,29H,15-16,18H2,1-6H3,(H2,26,27,28). The number of guanidine groups is 1. The second kappa shape index (κ2) is 11.5. The number of amides is 1. The average molecular weight is 424 g/mol. The summed E-state index contributed by atoms with van der Waals surface area (Å²) >= 11 is 0. The second-order valence-corrected chi connectivity index (χ2v) is 8.66. The van der Waals surface area contributed by atoms with Crippen molar-refractivity contribution in [3.05, 3.63) is 71.3 Å². The number of nitrogens with one attached hydrogen (secondary N) is 3. The Morgan fingerprint density at radius 3 is 2.42 bits per heavy atom. The van der Waals surface area contributed by atoms with Crippen molar-refractivity contribution in [1.82, 2.24) is 20.9 Å². The highest BCUT2D eigenvalue weighted by molar-refractivity contribution is 5.94. The van der Waals surface area contributed by atoms with Crippen LogP contribution in [0.1, 0.15) is 48.3 Å². The Kier molecular flexibility index (Phi) is 9.06. The van der Waals surface area contributed by atoms with E-state index < -0.39 is 0 Å².